The third kappa shape index (κ3) is 2.56. The predicted molar refractivity (Wildman–Crippen MR) is 78.1 cm³/mol. The van der Waals surface area contributed by atoms with Gasteiger partial charge >= 0.3 is 0 Å². The molecule has 0 aliphatic carbocycles. The molecule has 1 aromatic carbocycles. The van der Waals surface area contributed by atoms with E-state index in [0.717, 1.165) is 19.6 Å². The Morgan fingerprint density at radius 1 is 1.16 bits per heavy atom. The molecule has 2 nitrogen and oxygen atoms in total. The van der Waals surface area contributed by atoms with E-state index < -0.39 is 0 Å². The Bertz CT molecular complexity index is 424. The van der Waals surface area contributed by atoms with E-state index in [1.165, 1.54) is 24.8 Å². The lowest BCUT2D eigenvalue weighted by Crippen LogP contribution is -2.51. The third-order valence-corrected chi connectivity index (χ3v) is 4.82. The van der Waals surface area contributed by atoms with E-state index in [0.29, 0.717) is 11.5 Å². The van der Waals surface area contributed by atoms with Crippen LogP contribution in [-0.2, 0) is 4.74 Å². The third-order valence-electron chi connectivity index (χ3n) is 4.82. The Kier molecular flexibility index (Phi) is 3.40. The first-order valence-electron chi connectivity index (χ1n) is 7.54. The topological polar surface area (TPSA) is 21.3 Å². The first-order chi connectivity index (χ1) is 9.11. The fraction of sp³-hybridized carbons (Fsp3) is 0.647. The van der Waals surface area contributed by atoms with Crippen LogP contribution in [0.3, 0.4) is 0 Å². The van der Waals surface area contributed by atoms with Gasteiger partial charge in [0.15, 0.2) is 0 Å². The van der Waals surface area contributed by atoms with Crippen LogP contribution in [0.15, 0.2) is 30.3 Å². The molecule has 3 rings (SSSR count). The van der Waals surface area contributed by atoms with Crippen LogP contribution in [0, 0.1) is 5.41 Å². The summed E-state index contributed by atoms with van der Waals surface area (Å²) in [5, 5.41) is 3.78. The van der Waals surface area contributed by atoms with E-state index in [9.17, 15) is 0 Å². The number of rotatable bonds is 1. The summed E-state index contributed by atoms with van der Waals surface area (Å²) in [7, 11) is 0. The smallest absolute Gasteiger partial charge is 0.0632 e. The normalized spacial score (nSPS) is 34.3. The molecule has 0 radical (unpaired) electrons. The molecule has 2 heteroatoms. The van der Waals surface area contributed by atoms with Gasteiger partial charge in [0.05, 0.1) is 5.60 Å². The zero-order chi connectivity index (χ0) is 13.3. The van der Waals surface area contributed by atoms with Crippen molar-refractivity contribution in [2.45, 2.75) is 51.2 Å². The largest absolute Gasteiger partial charge is 0.376 e. The van der Waals surface area contributed by atoms with Crippen molar-refractivity contribution in [3.8, 4) is 0 Å². The van der Waals surface area contributed by atoms with Crippen molar-refractivity contribution in [1.82, 2.24) is 5.32 Å². The van der Waals surface area contributed by atoms with E-state index in [-0.39, 0.29) is 5.60 Å². The highest BCUT2D eigenvalue weighted by molar-refractivity contribution is 5.23. The zero-order valence-electron chi connectivity index (χ0n) is 12.1. The molecular weight excluding hydrogens is 234 g/mol. The van der Waals surface area contributed by atoms with E-state index in [2.05, 4.69) is 49.5 Å². The molecule has 0 bridgehead atoms. The Morgan fingerprint density at radius 3 is 2.68 bits per heavy atom. The van der Waals surface area contributed by atoms with Crippen molar-refractivity contribution in [3.05, 3.63) is 35.9 Å². The Morgan fingerprint density at radius 2 is 1.95 bits per heavy atom. The summed E-state index contributed by atoms with van der Waals surface area (Å²) >= 11 is 0. The summed E-state index contributed by atoms with van der Waals surface area (Å²) < 4.78 is 5.95. The summed E-state index contributed by atoms with van der Waals surface area (Å²) in [6.07, 6.45) is 4.96. The van der Waals surface area contributed by atoms with Gasteiger partial charge in [0.25, 0.3) is 0 Å². The Labute approximate surface area is 116 Å². The lowest BCUT2D eigenvalue weighted by atomic mass is 9.63. The van der Waals surface area contributed by atoms with Crippen molar-refractivity contribution in [2.24, 2.45) is 5.41 Å². The minimum absolute atomic E-state index is 0.0182. The number of hydrogen-bond donors (Lipinski definition) is 1. The fourth-order valence-corrected chi connectivity index (χ4v) is 4.14. The molecule has 2 unspecified atom stereocenters. The molecule has 2 aliphatic heterocycles. The molecule has 104 valence electrons. The number of nitrogens with one attached hydrogen (secondary N) is 1. The van der Waals surface area contributed by atoms with Crippen molar-refractivity contribution < 1.29 is 4.74 Å². The van der Waals surface area contributed by atoms with Gasteiger partial charge in [0.1, 0.15) is 0 Å². The van der Waals surface area contributed by atoms with Crippen molar-refractivity contribution in [3.63, 3.8) is 0 Å². The van der Waals surface area contributed by atoms with Gasteiger partial charge in [0, 0.05) is 12.6 Å². The van der Waals surface area contributed by atoms with Gasteiger partial charge < -0.3 is 10.1 Å². The minimum atomic E-state index is 0.0182. The summed E-state index contributed by atoms with van der Waals surface area (Å²) in [5.74, 6) is 0. The molecule has 2 heterocycles. The van der Waals surface area contributed by atoms with Crippen molar-refractivity contribution in [1.29, 1.82) is 0 Å². The molecule has 0 aromatic heterocycles. The van der Waals surface area contributed by atoms with Crippen molar-refractivity contribution in [2.75, 3.05) is 13.2 Å². The molecule has 2 atom stereocenters. The van der Waals surface area contributed by atoms with Gasteiger partial charge in [-0.15, -0.1) is 0 Å². The van der Waals surface area contributed by atoms with Crippen LogP contribution in [0.4, 0.5) is 0 Å². The Hall–Kier alpha value is -0.860. The van der Waals surface area contributed by atoms with Crippen LogP contribution < -0.4 is 5.32 Å². The maximum atomic E-state index is 5.95. The van der Waals surface area contributed by atoms with E-state index in [4.69, 9.17) is 4.74 Å². The minimum Gasteiger partial charge on any atom is -0.376 e. The highest BCUT2D eigenvalue weighted by atomic mass is 16.5. The standard InChI is InChI=1S/C17H25NO/c1-16(2)13-17(10-12-19-16)9-6-11-18-15(17)14-7-4-3-5-8-14/h3-5,7-8,15,18H,6,9-13H2,1-2H3. The predicted octanol–water partition coefficient (Wildman–Crippen LogP) is 3.69. The first-order valence-corrected chi connectivity index (χ1v) is 7.54. The first kappa shape index (κ1) is 13.1. The van der Waals surface area contributed by atoms with Crippen LogP contribution in [0.2, 0.25) is 0 Å². The SMILES string of the molecule is CC1(C)CC2(CCCNC2c2ccccc2)CCO1. The average Bonchev–Trinajstić information content (AvgIpc) is 2.39. The second-order valence-electron chi connectivity index (χ2n) is 6.80. The number of piperidine rings is 1. The van der Waals surface area contributed by atoms with Gasteiger partial charge in [-0.1, -0.05) is 30.3 Å². The maximum absolute atomic E-state index is 5.95. The summed E-state index contributed by atoms with van der Waals surface area (Å²) in [4.78, 5) is 0. The lowest BCUT2D eigenvalue weighted by molar-refractivity contribution is -0.123. The van der Waals surface area contributed by atoms with Gasteiger partial charge in [0.2, 0.25) is 0 Å². The van der Waals surface area contributed by atoms with Crippen LogP contribution in [0.5, 0.6) is 0 Å². The molecule has 19 heavy (non-hydrogen) atoms. The van der Waals surface area contributed by atoms with E-state index in [1.807, 2.05) is 0 Å². The second kappa shape index (κ2) is 4.92. The van der Waals surface area contributed by atoms with Crippen LogP contribution in [-0.4, -0.2) is 18.8 Å². The molecule has 1 N–H and O–H groups in total. The highest BCUT2D eigenvalue weighted by Gasteiger charge is 2.47. The van der Waals surface area contributed by atoms with Crippen LogP contribution in [0.1, 0.15) is 51.1 Å². The Balaban J connectivity index is 1.92. The highest BCUT2D eigenvalue weighted by Crippen LogP contribution is 2.51. The van der Waals surface area contributed by atoms with Gasteiger partial charge in [-0.25, -0.2) is 0 Å². The number of benzene rings is 1. The molecular formula is C17H25NO. The fourth-order valence-electron chi connectivity index (χ4n) is 4.14. The van der Waals surface area contributed by atoms with Gasteiger partial charge in [-0.2, -0.15) is 0 Å². The molecule has 1 spiro atoms. The monoisotopic (exact) mass is 259 g/mol. The molecule has 2 fully saturated rings. The molecule has 0 amide bonds. The van der Waals surface area contributed by atoms with Crippen LogP contribution >= 0.6 is 0 Å². The summed E-state index contributed by atoms with van der Waals surface area (Å²) in [5.41, 5.74) is 1.84. The summed E-state index contributed by atoms with van der Waals surface area (Å²) in [6, 6.07) is 11.5. The summed E-state index contributed by atoms with van der Waals surface area (Å²) in [6.45, 7) is 6.52. The van der Waals surface area contributed by atoms with Crippen molar-refractivity contribution >= 4 is 0 Å². The zero-order valence-corrected chi connectivity index (χ0v) is 12.1. The van der Waals surface area contributed by atoms with E-state index >= 15 is 0 Å². The average molecular weight is 259 g/mol. The molecule has 2 saturated heterocycles. The van der Waals surface area contributed by atoms with Gasteiger partial charge in [-0.3, -0.25) is 0 Å². The molecule has 0 saturated carbocycles. The quantitative estimate of drug-likeness (QED) is 0.830. The lowest BCUT2D eigenvalue weighted by Gasteiger charge is -2.52. The maximum Gasteiger partial charge on any atom is 0.0632 e. The second-order valence-corrected chi connectivity index (χ2v) is 6.80. The molecule has 1 aromatic rings. The molecule has 2 aliphatic rings. The number of ether oxygens (including phenoxy) is 1. The van der Waals surface area contributed by atoms with E-state index in [1.54, 1.807) is 0 Å². The number of hydrogen-bond acceptors (Lipinski definition) is 2. The van der Waals surface area contributed by atoms with Crippen LogP contribution in [0.25, 0.3) is 0 Å². The van der Waals surface area contributed by atoms with Gasteiger partial charge in [-0.05, 0) is 57.1 Å².